The van der Waals surface area contributed by atoms with Crippen LogP contribution < -0.4 is 10.5 Å². The van der Waals surface area contributed by atoms with Crippen LogP contribution in [0.4, 0.5) is 5.82 Å². The number of aromatic nitrogens is 4. The largest absolute Gasteiger partial charge is 0.463 e. The molecule has 0 spiro atoms. The summed E-state index contributed by atoms with van der Waals surface area (Å²) in [5, 5.41) is 30.6. The molecule has 5 atom stereocenters. The molecule has 2 aliphatic rings. The van der Waals surface area contributed by atoms with Crippen molar-refractivity contribution in [2.24, 2.45) is 11.3 Å². The lowest BCUT2D eigenvalue weighted by molar-refractivity contribution is -0.0300. The predicted octanol–water partition coefficient (Wildman–Crippen LogP) is 1.03. The van der Waals surface area contributed by atoms with Gasteiger partial charge in [0.05, 0.1) is 31.7 Å². The third-order valence-electron chi connectivity index (χ3n) is 6.38. The lowest BCUT2D eigenvalue weighted by atomic mass is 10.0. The first-order valence-electron chi connectivity index (χ1n) is 10.1. The Morgan fingerprint density at radius 2 is 2.04 bits per heavy atom. The van der Waals surface area contributed by atoms with E-state index in [0.717, 1.165) is 12.8 Å². The Morgan fingerprint density at radius 3 is 2.75 bits per heavy atom. The van der Waals surface area contributed by atoms with E-state index in [-0.39, 0.29) is 24.4 Å². The number of nitrogens with zero attached hydrogens (tertiary/aromatic N) is 4. The Hall–Kier alpha value is -1.97. The molecular weight excluding hydrogens is 362 g/mol. The highest BCUT2D eigenvalue weighted by atomic mass is 16.5. The lowest BCUT2D eigenvalue weighted by Gasteiger charge is -2.23. The Labute approximate surface area is 163 Å². The number of aliphatic hydroxyl groups excluding tert-OH is 3. The summed E-state index contributed by atoms with van der Waals surface area (Å²) in [4.78, 5) is 12.9. The molecule has 0 radical (unpaired) electrons. The maximum Gasteiger partial charge on any atom is 0.320 e. The fourth-order valence-electron chi connectivity index (χ4n) is 4.62. The Bertz CT molecular complexity index is 843. The van der Waals surface area contributed by atoms with Gasteiger partial charge in [-0.25, -0.2) is 4.98 Å². The zero-order valence-corrected chi connectivity index (χ0v) is 16.2. The molecule has 0 aliphatic heterocycles. The number of ether oxygens (including phenoxy) is 1. The molecule has 4 rings (SSSR count). The molecule has 0 saturated heterocycles. The molecule has 2 fully saturated rings. The summed E-state index contributed by atoms with van der Waals surface area (Å²) in [7, 11) is 0. The van der Waals surface area contributed by atoms with E-state index in [1.807, 2.05) is 0 Å². The molecule has 9 nitrogen and oxygen atoms in total. The number of fused-ring (bicyclic) bond motifs is 2. The van der Waals surface area contributed by atoms with Crippen molar-refractivity contribution in [1.82, 2.24) is 19.5 Å². The van der Waals surface area contributed by atoms with E-state index in [2.05, 4.69) is 21.9 Å². The van der Waals surface area contributed by atoms with Crippen molar-refractivity contribution in [3.63, 3.8) is 0 Å². The predicted molar refractivity (Wildman–Crippen MR) is 103 cm³/mol. The number of hydrogen-bond donors (Lipinski definition) is 4. The first-order chi connectivity index (χ1) is 13.5. The van der Waals surface area contributed by atoms with Crippen LogP contribution in [0.3, 0.4) is 0 Å². The van der Waals surface area contributed by atoms with Gasteiger partial charge in [-0.3, -0.25) is 0 Å². The van der Waals surface area contributed by atoms with E-state index < -0.39 is 23.7 Å². The number of aliphatic hydroxyl groups is 3. The smallest absolute Gasteiger partial charge is 0.320 e. The number of anilines is 1. The van der Waals surface area contributed by atoms with E-state index in [1.165, 1.54) is 19.3 Å². The molecule has 0 amide bonds. The Balaban J connectivity index is 1.53. The van der Waals surface area contributed by atoms with Crippen LogP contribution in [-0.4, -0.2) is 60.3 Å². The van der Waals surface area contributed by atoms with Gasteiger partial charge in [0.1, 0.15) is 6.10 Å². The second-order valence-electron chi connectivity index (χ2n) is 8.11. The number of rotatable bonds is 9. The summed E-state index contributed by atoms with van der Waals surface area (Å²) < 4.78 is 7.43. The van der Waals surface area contributed by atoms with Gasteiger partial charge in [-0.05, 0) is 18.8 Å². The van der Waals surface area contributed by atoms with Gasteiger partial charge in [0.2, 0.25) is 0 Å². The van der Waals surface area contributed by atoms with Crippen molar-refractivity contribution in [2.75, 3.05) is 18.9 Å². The highest BCUT2D eigenvalue weighted by Gasteiger charge is 2.71. The summed E-state index contributed by atoms with van der Waals surface area (Å²) in [6.07, 6.45) is 5.89. The first-order valence-corrected chi connectivity index (χ1v) is 10.1. The molecule has 2 aliphatic carbocycles. The zero-order valence-electron chi connectivity index (χ0n) is 16.2. The second-order valence-corrected chi connectivity index (χ2v) is 8.11. The lowest BCUT2D eigenvalue weighted by Crippen LogP contribution is -2.35. The van der Waals surface area contributed by atoms with Crippen molar-refractivity contribution in [3.05, 3.63) is 6.33 Å². The highest BCUT2D eigenvalue weighted by molar-refractivity contribution is 5.82. The maximum atomic E-state index is 10.6. The number of imidazole rings is 1. The third kappa shape index (κ3) is 3.01. The third-order valence-corrected chi connectivity index (χ3v) is 6.38. The summed E-state index contributed by atoms with van der Waals surface area (Å²) >= 11 is 0. The monoisotopic (exact) mass is 391 g/mol. The van der Waals surface area contributed by atoms with Gasteiger partial charge in [-0.15, -0.1) is 0 Å². The highest BCUT2D eigenvalue weighted by Crippen LogP contribution is 2.67. The normalized spacial score (nSPS) is 31.3. The summed E-state index contributed by atoms with van der Waals surface area (Å²) in [6.45, 7) is 2.55. The van der Waals surface area contributed by atoms with Crippen LogP contribution in [0, 0.1) is 11.3 Å². The van der Waals surface area contributed by atoms with Crippen LogP contribution in [0.15, 0.2) is 6.33 Å². The average Bonchev–Trinajstić information content (AvgIpc) is 3.20. The molecule has 2 aromatic heterocycles. The van der Waals surface area contributed by atoms with E-state index in [1.54, 1.807) is 10.9 Å². The minimum Gasteiger partial charge on any atom is -0.463 e. The number of unbranched alkanes of at least 4 members (excludes halogenated alkanes) is 4. The topological polar surface area (TPSA) is 140 Å². The molecule has 2 saturated carbocycles. The van der Waals surface area contributed by atoms with Gasteiger partial charge in [0.25, 0.3) is 0 Å². The molecule has 9 heteroatoms. The van der Waals surface area contributed by atoms with Crippen molar-refractivity contribution < 1.29 is 20.1 Å². The molecule has 1 unspecified atom stereocenters. The minimum atomic E-state index is -0.998. The fraction of sp³-hybridized carbons (Fsp3) is 0.737. The van der Waals surface area contributed by atoms with Gasteiger partial charge in [-0.2, -0.15) is 9.97 Å². The standard InChI is InChI=1S/C19H29N5O4/c1-2-3-4-5-6-7-28-18-22-16(20)12-17(23-18)24(10-21-12)13-11-8-19(11,9-25)15(27)14(13)26/h10-11,13-15,25-27H,2-9H2,1H3,(H2,20,22,23)/t11-,13-,14?,15-,19+/m1/s1. The second kappa shape index (κ2) is 7.46. The molecule has 28 heavy (non-hydrogen) atoms. The van der Waals surface area contributed by atoms with Crippen LogP contribution >= 0.6 is 0 Å². The molecule has 2 aromatic rings. The molecule has 0 bridgehead atoms. The maximum absolute atomic E-state index is 10.6. The van der Waals surface area contributed by atoms with E-state index in [4.69, 9.17) is 10.5 Å². The van der Waals surface area contributed by atoms with E-state index in [0.29, 0.717) is 24.2 Å². The van der Waals surface area contributed by atoms with Crippen LogP contribution in [0.2, 0.25) is 0 Å². The van der Waals surface area contributed by atoms with Gasteiger partial charge < -0.3 is 30.4 Å². The number of nitrogens with two attached hydrogens (primary N) is 1. The van der Waals surface area contributed by atoms with Gasteiger partial charge in [-0.1, -0.05) is 32.6 Å². The average molecular weight is 391 g/mol. The van der Waals surface area contributed by atoms with Gasteiger partial charge in [0.15, 0.2) is 17.0 Å². The van der Waals surface area contributed by atoms with E-state index in [9.17, 15) is 15.3 Å². The summed E-state index contributed by atoms with van der Waals surface area (Å²) in [5.41, 5.74) is 6.33. The minimum absolute atomic E-state index is 0.0287. The molecular formula is C19H29N5O4. The first kappa shape index (κ1) is 19.4. The van der Waals surface area contributed by atoms with Crippen LogP contribution in [0.5, 0.6) is 6.01 Å². The summed E-state index contributed by atoms with van der Waals surface area (Å²) in [6, 6.07) is -0.220. The van der Waals surface area contributed by atoms with Gasteiger partial charge in [0, 0.05) is 5.41 Å². The molecule has 0 aromatic carbocycles. The molecule has 2 heterocycles. The quantitative estimate of drug-likeness (QED) is 0.465. The molecule has 154 valence electrons. The van der Waals surface area contributed by atoms with Crippen LogP contribution in [0.25, 0.3) is 11.2 Å². The van der Waals surface area contributed by atoms with Gasteiger partial charge >= 0.3 is 6.01 Å². The SMILES string of the molecule is CCCCCCCOc1nc(N)c2ncn([C@H]3C(O)[C@@H](O)[C@]4(CO)C[C@H]34)c2n1. The van der Waals surface area contributed by atoms with Crippen LogP contribution in [0.1, 0.15) is 51.5 Å². The van der Waals surface area contributed by atoms with Crippen molar-refractivity contribution in [3.8, 4) is 6.01 Å². The Kier molecular flexibility index (Phi) is 5.15. The van der Waals surface area contributed by atoms with Crippen molar-refractivity contribution >= 4 is 17.0 Å². The van der Waals surface area contributed by atoms with Crippen molar-refractivity contribution in [1.29, 1.82) is 0 Å². The number of nitrogen functional groups attached to an aromatic ring is 1. The van der Waals surface area contributed by atoms with Crippen molar-refractivity contribution in [2.45, 2.75) is 63.7 Å². The zero-order chi connectivity index (χ0) is 19.9. The number of hydrogen-bond acceptors (Lipinski definition) is 8. The van der Waals surface area contributed by atoms with E-state index >= 15 is 0 Å². The Morgan fingerprint density at radius 1 is 1.25 bits per heavy atom. The van der Waals surface area contributed by atoms with Crippen LogP contribution in [-0.2, 0) is 0 Å². The summed E-state index contributed by atoms with van der Waals surface area (Å²) in [5.74, 6) is 0.195. The fourth-order valence-corrected chi connectivity index (χ4v) is 4.62. The molecule has 5 N–H and O–H groups in total.